The fourth-order valence-electron chi connectivity index (χ4n) is 1.63. The minimum Gasteiger partial charge on any atom is -0.360 e. The molecule has 0 amide bonds. The zero-order valence-electron chi connectivity index (χ0n) is 8.98. The molecule has 1 aromatic rings. The minimum absolute atomic E-state index is 0.348. The van der Waals surface area contributed by atoms with Crippen LogP contribution in [0.15, 0.2) is 16.7 Å². The zero-order valence-corrected chi connectivity index (χ0v) is 10.6. The smallest absolute Gasteiger partial charge is 0.161 e. The molecule has 84 valence electrons. The lowest BCUT2D eigenvalue weighted by molar-refractivity contribution is 0.0761. The topological polar surface area (TPSA) is 49.1 Å². The fourth-order valence-corrected chi connectivity index (χ4v) is 1.85. The van der Waals surface area contributed by atoms with Crippen molar-refractivity contribution in [3.8, 4) is 6.07 Å². The van der Waals surface area contributed by atoms with Crippen LogP contribution in [0.5, 0.6) is 0 Å². The number of rotatable bonds is 1. The summed E-state index contributed by atoms with van der Waals surface area (Å²) in [4.78, 5) is 6.43. The molecule has 16 heavy (non-hydrogen) atoms. The number of aryl methyl sites for hydroxylation is 1. The molecular formula is C11H12BrN3O. The number of anilines is 1. The SMILES string of the molecule is Cc1cc(N2CCOC(C#N)C2)ncc1Br. The number of aromatic nitrogens is 1. The van der Waals surface area contributed by atoms with E-state index in [0.717, 1.165) is 22.4 Å². The molecule has 5 heteroatoms. The maximum absolute atomic E-state index is 8.82. The molecule has 0 aromatic carbocycles. The van der Waals surface area contributed by atoms with Crippen LogP contribution in [-0.4, -0.2) is 30.8 Å². The van der Waals surface area contributed by atoms with Crippen molar-refractivity contribution >= 4 is 21.7 Å². The molecule has 0 spiro atoms. The summed E-state index contributed by atoms with van der Waals surface area (Å²) in [5.74, 6) is 0.907. The number of hydrogen-bond acceptors (Lipinski definition) is 4. The molecule has 0 N–H and O–H groups in total. The third kappa shape index (κ3) is 2.34. The van der Waals surface area contributed by atoms with E-state index in [4.69, 9.17) is 10.00 Å². The van der Waals surface area contributed by atoms with Gasteiger partial charge in [-0.25, -0.2) is 4.98 Å². The van der Waals surface area contributed by atoms with Crippen molar-refractivity contribution in [2.75, 3.05) is 24.6 Å². The predicted octanol–water partition coefficient (Wildman–Crippen LogP) is 1.88. The van der Waals surface area contributed by atoms with Crippen molar-refractivity contribution in [2.45, 2.75) is 13.0 Å². The number of morpholine rings is 1. The van der Waals surface area contributed by atoms with Crippen LogP contribution in [0.4, 0.5) is 5.82 Å². The van der Waals surface area contributed by atoms with Crippen LogP contribution in [0.1, 0.15) is 5.56 Å². The number of ether oxygens (including phenoxy) is 1. The molecule has 4 nitrogen and oxygen atoms in total. The van der Waals surface area contributed by atoms with E-state index in [9.17, 15) is 0 Å². The number of nitrogens with zero attached hydrogens (tertiary/aromatic N) is 3. The normalized spacial score (nSPS) is 20.6. The first-order valence-electron chi connectivity index (χ1n) is 5.09. The van der Waals surface area contributed by atoms with E-state index < -0.39 is 0 Å². The zero-order chi connectivity index (χ0) is 11.5. The molecule has 1 saturated heterocycles. The van der Waals surface area contributed by atoms with Crippen molar-refractivity contribution in [1.29, 1.82) is 5.26 Å². The maximum Gasteiger partial charge on any atom is 0.161 e. The first kappa shape index (κ1) is 11.4. The molecule has 0 saturated carbocycles. The highest BCUT2D eigenvalue weighted by Gasteiger charge is 2.21. The first-order valence-corrected chi connectivity index (χ1v) is 5.88. The van der Waals surface area contributed by atoms with Crippen LogP contribution in [0.25, 0.3) is 0 Å². The van der Waals surface area contributed by atoms with Gasteiger partial charge in [0.05, 0.1) is 19.2 Å². The van der Waals surface area contributed by atoms with Crippen LogP contribution in [0.2, 0.25) is 0 Å². The van der Waals surface area contributed by atoms with Gasteiger partial charge in [-0.05, 0) is 34.5 Å². The molecule has 1 aromatic heterocycles. The van der Waals surface area contributed by atoms with Gasteiger partial charge in [0.2, 0.25) is 0 Å². The molecule has 1 atom stereocenters. The van der Waals surface area contributed by atoms with Crippen LogP contribution >= 0.6 is 15.9 Å². The summed E-state index contributed by atoms with van der Waals surface area (Å²) in [6, 6.07) is 4.15. The van der Waals surface area contributed by atoms with Crippen molar-refractivity contribution < 1.29 is 4.74 Å². The molecule has 2 heterocycles. The van der Waals surface area contributed by atoms with Gasteiger partial charge >= 0.3 is 0 Å². The molecule has 2 rings (SSSR count). The minimum atomic E-state index is -0.348. The van der Waals surface area contributed by atoms with E-state index in [2.05, 4.69) is 31.9 Å². The van der Waals surface area contributed by atoms with Crippen molar-refractivity contribution in [3.05, 3.63) is 22.3 Å². The van der Waals surface area contributed by atoms with E-state index in [-0.39, 0.29) is 6.10 Å². The monoisotopic (exact) mass is 281 g/mol. The van der Waals surface area contributed by atoms with E-state index in [1.54, 1.807) is 6.20 Å². The van der Waals surface area contributed by atoms with E-state index >= 15 is 0 Å². The number of pyridine rings is 1. The Balaban J connectivity index is 2.17. The Kier molecular flexibility index (Phi) is 3.42. The second-order valence-electron chi connectivity index (χ2n) is 3.73. The summed E-state index contributed by atoms with van der Waals surface area (Å²) in [7, 11) is 0. The average molecular weight is 282 g/mol. The van der Waals surface area contributed by atoms with Gasteiger partial charge in [-0.2, -0.15) is 5.26 Å². The molecule has 1 aliphatic heterocycles. The lowest BCUT2D eigenvalue weighted by Crippen LogP contribution is -2.42. The van der Waals surface area contributed by atoms with Gasteiger partial charge in [0, 0.05) is 17.2 Å². The fraction of sp³-hybridized carbons (Fsp3) is 0.455. The predicted molar refractivity (Wildman–Crippen MR) is 64.2 cm³/mol. The van der Waals surface area contributed by atoms with E-state index in [1.807, 2.05) is 13.0 Å². The first-order chi connectivity index (χ1) is 7.70. The summed E-state index contributed by atoms with van der Waals surface area (Å²) in [5, 5.41) is 8.82. The highest BCUT2D eigenvalue weighted by molar-refractivity contribution is 9.10. The number of halogens is 1. The average Bonchev–Trinajstić information content (AvgIpc) is 2.33. The highest BCUT2D eigenvalue weighted by atomic mass is 79.9. The lowest BCUT2D eigenvalue weighted by atomic mass is 10.2. The van der Waals surface area contributed by atoms with E-state index in [1.165, 1.54) is 0 Å². The Hall–Kier alpha value is -1.12. The maximum atomic E-state index is 8.82. The third-order valence-corrected chi connectivity index (χ3v) is 3.40. The number of nitriles is 1. The Labute approximate surface area is 103 Å². The van der Waals surface area contributed by atoms with Crippen LogP contribution in [0.3, 0.4) is 0 Å². The summed E-state index contributed by atoms with van der Waals surface area (Å²) in [5.41, 5.74) is 1.14. The summed E-state index contributed by atoms with van der Waals surface area (Å²) < 4.78 is 6.29. The van der Waals surface area contributed by atoms with Gasteiger partial charge < -0.3 is 9.64 Å². The van der Waals surface area contributed by atoms with Crippen LogP contribution < -0.4 is 4.90 Å². The third-order valence-electron chi connectivity index (χ3n) is 2.57. The second kappa shape index (κ2) is 4.81. The van der Waals surface area contributed by atoms with Crippen LogP contribution in [0, 0.1) is 18.3 Å². The summed E-state index contributed by atoms with van der Waals surface area (Å²) in [6.07, 6.45) is 1.45. The van der Waals surface area contributed by atoms with Gasteiger partial charge in [-0.3, -0.25) is 0 Å². The van der Waals surface area contributed by atoms with E-state index in [0.29, 0.717) is 13.2 Å². The van der Waals surface area contributed by atoms with Crippen LogP contribution in [-0.2, 0) is 4.74 Å². The van der Waals surface area contributed by atoms with Gasteiger partial charge in [0.1, 0.15) is 5.82 Å². The number of hydrogen-bond donors (Lipinski definition) is 0. The second-order valence-corrected chi connectivity index (χ2v) is 4.58. The quantitative estimate of drug-likeness (QED) is 0.789. The van der Waals surface area contributed by atoms with Gasteiger partial charge in [-0.15, -0.1) is 0 Å². The van der Waals surface area contributed by atoms with Crippen molar-refractivity contribution in [3.63, 3.8) is 0 Å². The van der Waals surface area contributed by atoms with Crippen molar-refractivity contribution in [2.24, 2.45) is 0 Å². The van der Waals surface area contributed by atoms with Gasteiger partial charge in [0.15, 0.2) is 6.10 Å². The Morgan fingerprint density at radius 2 is 2.50 bits per heavy atom. The molecule has 1 unspecified atom stereocenters. The molecule has 1 fully saturated rings. The molecule has 0 radical (unpaired) electrons. The van der Waals surface area contributed by atoms with Crippen molar-refractivity contribution in [1.82, 2.24) is 4.98 Å². The molecular weight excluding hydrogens is 270 g/mol. The highest BCUT2D eigenvalue weighted by Crippen LogP contribution is 2.21. The Bertz CT molecular complexity index is 430. The molecule has 1 aliphatic rings. The largest absolute Gasteiger partial charge is 0.360 e. The summed E-state index contributed by atoms with van der Waals surface area (Å²) >= 11 is 3.42. The van der Waals surface area contributed by atoms with Gasteiger partial charge in [-0.1, -0.05) is 0 Å². The van der Waals surface area contributed by atoms with Gasteiger partial charge in [0.25, 0.3) is 0 Å². The summed E-state index contributed by atoms with van der Waals surface area (Å²) in [6.45, 7) is 3.98. The Morgan fingerprint density at radius 1 is 1.69 bits per heavy atom. The standard InChI is InChI=1S/C11H12BrN3O/c1-8-4-11(14-6-10(8)12)15-2-3-16-9(5-13)7-15/h4,6,9H,2-3,7H2,1H3. The lowest BCUT2D eigenvalue weighted by Gasteiger charge is -2.30. The molecule has 0 bridgehead atoms. The molecule has 0 aliphatic carbocycles. The Morgan fingerprint density at radius 3 is 3.19 bits per heavy atom.